The zero-order chi connectivity index (χ0) is 18.7. The van der Waals surface area contributed by atoms with Gasteiger partial charge in [0, 0.05) is 25.9 Å². The summed E-state index contributed by atoms with van der Waals surface area (Å²) >= 11 is 0. The van der Waals surface area contributed by atoms with E-state index in [4.69, 9.17) is 5.26 Å². The Labute approximate surface area is 151 Å². The summed E-state index contributed by atoms with van der Waals surface area (Å²) in [6.45, 7) is 0.260. The van der Waals surface area contributed by atoms with Crippen LogP contribution in [-0.4, -0.2) is 30.3 Å². The average Bonchev–Trinajstić information content (AvgIpc) is 2.94. The monoisotopic (exact) mass is 351 g/mol. The van der Waals surface area contributed by atoms with Gasteiger partial charge in [0.05, 0.1) is 11.6 Å². The van der Waals surface area contributed by atoms with Crippen LogP contribution in [0.1, 0.15) is 33.9 Å². The second-order valence-corrected chi connectivity index (χ2v) is 6.31. The third kappa shape index (κ3) is 3.29. The molecule has 1 heterocycles. The van der Waals surface area contributed by atoms with E-state index in [-0.39, 0.29) is 35.5 Å². The van der Waals surface area contributed by atoms with E-state index >= 15 is 0 Å². The van der Waals surface area contributed by atoms with Crippen LogP contribution in [0.3, 0.4) is 0 Å². The molecule has 2 atom stereocenters. The molecule has 1 N–H and O–H groups in total. The van der Waals surface area contributed by atoms with Gasteiger partial charge < -0.3 is 10.2 Å². The molecule has 132 valence electrons. The quantitative estimate of drug-likeness (QED) is 0.920. The van der Waals surface area contributed by atoms with Gasteiger partial charge in [-0.25, -0.2) is 4.39 Å². The van der Waals surface area contributed by atoms with Gasteiger partial charge in [0.15, 0.2) is 0 Å². The fourth-order valence-corrected chi connectivity index (χ4v) is 3.43. The van der Waals surface area contributed by atoms with Crippen molar-refractivity contribution in [2.24, 2.45) is 5.92 Å². The Hall–Kier alpha value is -3.20. The molecule has 1 fully saturated rings. The standard InChI is InChI=1S/C20H18FN3O2/c1-24-18(25)10-14(19(24)13-6-3-2-4-7-13)12-23-20(26)15-8-5-9-17(21)16(15)11-22/h2-9,14,19H,10,12H2,1H3,(H,23,26)/t14-,19-/m0/s1. The van der Waals surface area contributed by atoms with Crippen molar-refractivity contribution in [3.8, 4) is 6.07 Å². The van der Waals surface area contributed by atoms with Gasteiger partial charge in [-0.15, -0.1) is 0 Å². The van der Waals surface area contributed by atoms with Crippen LogP contribution < -0.4 is 5.32 Å². The van der Waals surface area contributed by atoms with Crippen molar-refractivity contribution in [3.05, 3.63) is 71.0 Å². The first-order chi connectivity index (χ1) is 12.5. The lowest BCUT2D eigenvalue weighted by Crippen LogP contribution is -2.33. The van der Waals surface area contributed by atoms with E-state index < -0.39 is 11.7 Å². The molecule has 1 aliphatic rings. The summed E-state index contributed by atoms with van der Waals surface area (Å²) in [7, 11) is 1.75. The highest BCUT2D eigenvalue weighted by atomic mass is 19.1. The largest absolute Gasteiger partial charge is 0.352 e. The second-order valence-electron chi connectivity index (χ2n) is 6.31. The number of halogens is 1. The number of benzene rings is 2. The number of carbonyl (C=O) groups is 2. The molecule has 6 heteroatoms. The molecular formula is C20H18FN3O2. The van der Waals surface area contributed by atoms with E-state index in [1.54, 1.807) is 18.0 Å². The fraction of sp³-hybridized carbons (Fsp3) is 0.250. The maximum atomic E-state index is 13.7. The van der Waals surface area contributed by atoms with E-state index in [2.05, 4.69) is 5.32 Å². The Morgan fingerprint density at radius 1 is 1.27 bits per heavy atom. The molecule has 2 aromatic rings. The van der Waals surface area contributed by atoms with E-state index in [9.17, 15) is 14.0 Å². The highest BCUT2D eigenvalue weighted by molar-refractivity contribution is 5.96. The predicted molar refractivity (Wildman–Crippen MR) is 93.5 cm³/mol. The summed E-state index contributed by atoms with van der Waals surface area (Å²) < 4.78 is 13.7. The van der Waals surface area contributed by atoms with Crippen LogP contribution in [0.5, 0.6) is 0 Å². The number of hydrogen-bond donors (Lipinski definition) is 1. The number of nitriles is 1. The van der Waals surface area contributed by atoms with Crippen molar-refractivity contribution < 1.29 is 14.0 Å². The third-order valence-electron chi connectivity index (χ3n) is 4.73. The van der Waals surface area contributed by atoms with Gasteiger partial charge in [-0.3, -0.25) is 9.59 Å². The van der Waals surface area contributed by atoms with Crippen molar-refractivity contribution in [2.75, 3.05) is 13.6 Å². The number of hydrogen-bond acceptors (Lipinski definition) is 3. The van der Waals surface area contributed by atoms with Crippen LogP contribution in [0.25, 0.3) is 0 Å². The molecule has 0 bridgehead atoms. The predicted octanol–water partition coefficient (Wildman–Crippen LogP) is 2.65. The van der Waals surface area contributed by atoms with Gasteiger partial charge in [-0.2, -0.15) is 5.26 Å². The maximum Gasteiger partial charge on any atom is 0.252 e. The summed E-state index contributed by atoms with van der Waals surface area (Å²) in [5, 5.41) is 11.8. The summed E-state index contributed by atoms with van der Waals surface area (Å²) in [5.41, 5.74) is 0.731. The SMILES string of the molecule is CN1C(=O)C[C@@H](CNC(=O)c2cccc(F)c2C#N)[C@@H]1c1ccccc1. The first-order valence-electron chi connectivity index (χ1n) is 8.30. The lowest BCUT2D eigenvalue weighted by Gasteiger charge is -2.25. The van der Waals surface area contributed by atoms with E-state index in [1.165, 1.54) is 12.1 Å². The molecule has 0 saturated carbocycles. The second kappa shape index (κ2) is 7.36. The first-order valence-corrected chi connectivity index (χ1v) is 8.30. The fourth-order valence-electron chi connectivity index (χ4n) is 3.43. The van der Waals surface area contributed by atoms with E-state index in [0.717, 1.165) is 11.6 Å². The Morgan fingerprint density at radius 2 is 2.00 bits per heavy atom. The van der Waals surface area contributed by atoms with Gasteiger partial charge >= 0.3 is 0 Å². The van der Waals surface area contributed by atoms with Crippen LogP contribution >= 0.6 is 0 Å². The molecule has 1 aliphatic heterocycles. The Morgan fingerprint density at radius 3 is 2.69 bits per heavy atom. The Kier molecular flexibility index (Phi) is 4.99. The zero-order valence-electron chi connectivity index (χ0n) is 14.3. The highest BCUT2D eigenvalue weighted by Crippen LogP contribution is 2.36. The van der Waals surface area contributed by atoms with Crippen molar-refractivity contribution in [2.45, 2.75) is 12.5 Å². The molecule has 0 radical (unpaired) electrons. The molecule has 0 aromatic heterocycles. The van der Waals surface area contributed by atoms with Gasteiger partial charge in [0.25, 0.3) is 5.91 Å². The molecule has 26 heavy (non-hydrogen) atoms. The minimum Gasteiger partial charge on any atom is -0.352 e. The van der Waals surface area contributed by atoms with Crippen LogP contribution in [0, 0.1) is 23.1 Å². The molecule has 3 rings (SSSR count). The number of likely N-dealkylation sites (tertiary alicyclic amines) is 1. The van der Waals surface area contributed by atoms with Crippen LogP contribution in [0.2, 0.25) is 0 Å². The number of amides is 2. The van der Waals surface area contributed by atoms with Crippen LogP contribution in [-0.2, 0) is 4.79 Å². The highest BCUT2D eigenvalue weighted by Gasteiger charge is 2.38. The van der Waals surface area contributed by atoms with E-state index in [1.807, 2.05) is 30.3 Å². The van der Waals surface area contributed by atoms with Crippen LogP contribution in [0.4, 0.5) is 4.39 Å². The minimum atomic E-state index is -0.724. The summed E-state index contributed by atoms with van der Waals surface area (Å²) in [4.78, 5) is 26.3. The maximum absolute atomic E-state index is 13.7. The van der Waals surface area contributed by atoms with Crippen molar-refractivity contribution in [1.29, 1.82) is 5.26 Å². The zero-order valence-corrected chi connectivity index (χ0v) is 14.3. The number of nitrogens with one attached hydrogen (secondary N) is 1. The minimum absolute atomic E-state index is 0.00133. The Bertz CT molecular complexity index is 876. The average molecular weight is 351 g/mol. The first kappa shape index (κ1) is 17.6. The van der Waals surface area contributed by atoms with Crippen molar-refractivity contribution in [1.82, 2.24) is 10.2 Å². The van der Waals surface area contributed by atoms with E-state index in [0.29, 0.717) is 6.42 Å². The van der Waals surface area contributed by atoms with Crippen molar-refractivity contribution >= 4 is 11.8 Å². The molecule has 5 nitrogen and oxygen atoms in total. The number of carbonyl (C=O) groups excluding carboxylic acids is 2. The topological polar surface area (TPSA) is 73.2 Å². The third-order valence-corrected chi connectivity index (χ3v) is 4.73. The molecule has 2 aromatic carbocycles. The van der Waals surface area contributed by atoms with Crippen LogP contribution in [0.15, 0.2) is 48.5 Å². The Balaban J connectivity index is 1.76. The van der Waals surface area contributed by atoms with Gasteiger partial charge in [0.1, 0.15) is 17.4 Å². The normalized spacial score (nSPS) is 19.3. The summed E-state index contributed by atoms with van der Waals surface area (Å²) in [6.07, 6.45) is 0.324. The van der Waals surface area contributed by atoms with Crippen molar-refractivity contribution in [3.63, 3.8) is 0 Å². The smallest absolute Gasteiger partial charge is 0.252 e. The van der Waals surface area contributed by atoms with Gasteiger partial charge in [-0.1, -0.05) is 36.4 Å². The summed E-state index contributed by atoms with van der Waals surface area (Å²) in [6, 6.07) is 15.2. The van der Waals surface area contributed by atoms with Gasteiger partial charge in [-0.05, 0) is 17.7 Å². The summed E-state index contributed by atoms with van der Waals surface area (Å²) in [5.74, 6) is -1.33. The number of rotatable bonds is 4. The molecule has 0 spiro atoms. The molecule has 0 aliphatic carbocycles. The lowest BCUT2D eigenvalue weighted by atomic mass is 9.93. The number of nitrogens with zero attached hydrogens (tertiary/aromatic N) is 2. The molecule has 1 saturated heterocycles. The molecule has 0 unspecified atom stereocenters. The molecular weight excluding hydrogens is 333 g/mol. The lowest BCUT2D eigenvalue weighted by molar-refractivity contribution is -0.127. The van der Waals surface area contributed by atoms with Gasteiger partial charge in [0.2, 0.25) is 5.91 Å². The molecule has 2 amide bonds.